The molecule has 1 heterocycles. The first-order chi connectivity index (χ1) is 8.02. The fourth-order valence-electron chi connectivity index (χ4n) is 3.03. The van der Waals surface area contributed by atoms with Crippen LogP contribution in [0.4, 0.5) is 0 Å². The Morgan fingerprint density at radius 2 is 1.65 bits per heavy atom. The molecule has 5 heteroatoms. The summed E-state index contributed by atoms with van der Waals surface area (Å²) in [4.78, 5) is 1.97. The molecule has 0 unspecified atom stereocenters. The summed E-state index contributed by atoms with van der Waals surface area (Å²) in [5.41, 5.74) is 0. The number of hydrogen-bond acceptors (Lipinski definition) is 5. The summed E-state index contributed by atoms with van der Waals surface area (Å²) in [5.74, 6) is 0. The Morgan fingerprint density at radius 3 is 2.24 bits per heavy atom. The van der Waals surface area contributed by atoms with Gasteiger partial charge in [0, 0.05) is 6.04 Å². The van der Waals surface area contributed by atoms with E-state index >= 15 is 0 Å². The third-order valence-electron chi connectivity index (χ3n) is 4.20. The molecule has 1 saturated heterocycles. The monoisotopic (exact) mass is 245 g/mol. The molecule has 0 bridgehead atoms. The van der Waals surface area contributed by atoms with Crippen LogP contribution in [0.25, 0.3) is 0 Å². The first kappa shape index (κ1) is 13.2. The zero-order chi connectivity index (χ0) is 12.6. The highest BCUT2D eigenvalue weighted by molar-refractivity contribution is 4.94. The van der Waals surface area contributed by atoms with Gasteiger partial charge in [-0.3, -0.25) is 4.90 Å². The third kappa shape index (κ3) is 2.48. The predicted octanol–water partition coefficient (Wildman–Crippen LogP) is -0.312. The molecule has 1 aliphatic heterocycles. The summed E-state index contributed by atoms with van der Waals surface area (Å²) < 4.78 is 5.27. The molecule has 100 valence electrons. The van der Waals surface area contributed by atoms with E-state index in [0.29, 0.717) is 6.04 Å². The smallest absolute Gasteiger partial charge is 0.173 e. The highest BCUT2D eigenvalue weighted by atomic mass is 16.6. The molecule has 0 amide bonds. The van der Waals surface area contributed by atoms with Crippen LogP contribution in [0.3, 0.4) is 0 Å². The Morgan fingerprint density at radius 1 is 1.06 bits per heavy atom. The Kier molecular flexibility index (Phi) is 4.05. The van der Waals surface area contributed by atoms with Gasteiger partial charge in [-0.15, -0.1) is 0 Å². The van der Waals surface area contributed by atoms with Gasteiger partial charge >= 0.3 is 0 Å². The molecule has 0 radical (unpaired) electrons. The van der Waals surface area contributed by atoms with Crippen molar-refractivity contribution in [3.05, 3.63) is 0 Å². The van der Waals surface area contributed by atoms with Crippen molar-refractivity contribution in [3.63, 3.8) is 0 Å². The van der Waals surface area contributed by atoms with E-state index in [4.69, 9.17) is 4.74 Å². The van der Waals surface area contributed by atoms with Crippen LogP contribution in [-0.2, 0) is 4.74 Å². The van der Waals surface area contributed by atoms with Crippen molar-refractivity contribution >= 4 is 0 Å². The van der Waals surface area contributed by atoms with E-state index < -0.39 is 30.6 Å². The lowest BCUT2D eigenvalue weighted by Crippen LogP contribution is -2.63. The van der Waals surface area contributed by atoms with E-state index in [1.807, 2.05) is 11.9 Å². The van der Waals surface area contributed by atoms with Crippen LogP contribution in [0.1, 0.15) is 32.6 Å². The molecule has 5 atom stereocenters. The number of aliphatic hydroxyl groups is 3. The summed E-state index contributed by atoms with van der Waals surface area (Å²) >= 11 is 0. The molecular formula is C12H23NO4. The second-order valence-electron chi connectivity index (χ2n) is 5.31. The van der Waals surface area contributed by atoms with Gasteiger partial charge in [-0.25, -0.2) is 0 Å². The predicted molar refractivity (Wildman–Crippen MR) is 62.4 cm³/mol. The summed E-state index contributed by atoms with van der Waals surface area (Å²) in [6.07, 6.45) is 1.08. The Balaban J connectivity index is 2.06. The van der Waals surface area contributed by atoms with Gasteiger partial charge in [-0.1, -0.05) is 12.8 Å². The van der Waals surface area contributed by atoms with E-state index in [1.165, 1.54) is 12.8 Å². The van der Waals surface area contributed by atoms with Crippen LogP contribution in [0.15, 0.2) is 0 Å². The van der Waals surface area contributed by atoms with Gasteiger partial charge in [0.2, 0.25) is 0 Å². The van der Waals surface area contributed by atoms with Crippen molar-refractivity contribution < 1.29 is 20.1 Å². The van der Waals surface area contributed by atoms with Gasteiger partial charge in [0.25, 0.3) is 0 Å². The number of hydrogen-bond donors (Lipinski definition) is 3. The molecule has 2 fully saturated rings. The van der Waals surface area contributed by atoms with Crippen molar-refractivity contribution in [1.82, 2.24) is 4.90 Å². The molecular weight excluding hydrogens is 222 g/mol. The average molecular weight is 245 g/mol. The van der Waals surface area contributed by atoms with E-state index in [2.05, 4.69) is 0 Å². The Hall–Kier alpha value is -0.200. The van der Waals surface area contributed by atoms with Gasteiger partial charge in [0.05, 0.1) is 12.1 Å². The fraction of sp³-hybridized carbons (Fsp3) is 1.00. The molecule has 1 saturated carbocycles. The van der Waals surface area contributed by atoms with Gasteiger partial charge in [-0.05, 0) is 26.8 Å². The molecule has 5 nitrogen and oxygen atoms in total. The van der Waals surface area contributed by atoms with Crippen molar-refractivity contribution in [2.24, 2.45) is 0 Å². The Labute approximate surface area is 102 Å². The lowest BCUT2D eigenvalue weighted by atomic mass is 9.95. The maximum Gasteiger partial charge on any atom is 0.173 e. The topological polar surface area (TPSA) is 73.2 Å². The van der Waals surface area contributed by atoms with Crippen molar-refractivity contribution in [1.29, 1.82) is 0 Å². The second kappa shape index (κ2) is 5.20. The normalized spacial score (nSPS) is 44.5. The highest BCUT2D eigenvalue weighted by Crippen LogP contribution is 2.29. The molecule has 3 N–H and O–H groups in total. The number of aliphatic hydroxyl groups excluding tert-OH is 3. The molecule has 2 aliphatic rings. The van der Waals surface area contributed by atoms with Crippen LogP contribution in [0.2, 0.25) is 0 Å². The van der Waals surface area contributed by atoms with Crippen LogP contribution < -0.4 is 0 Å². The van der Waals surface area contributed by atoms with Gasteiger partial charge in [0.15, 0.2) is 6.29 Å². The Bertz CT molecular complexity index is 257. The second-order valence-corrected chi connectivity index (χ2v) is 5.31. The molecule has 0 aromatic rings. The van der Waals surface area contributed by atoms with Crippen molar-refractivity contribution in [3.8, 4) is 0 Å². The van der Waals surface area contributed by atoms with Crippen LogP contribution in [-0.4, -0.2) is 64.0 Å². The zero-order valence-electron chi connectivity index (χ0n) is 10.5. The standard InChI is InChI=1S/C12H23NO4/c1-7-10(14)11(15)9(12(16)17-7)13(2)8-5-3-4-6-8/h7-12,14-16H,3-6H2,1-2H3/t7-,9-,10+,11-,12+/m1/s1. The van der Waals surface area contributed by atoms with Crippen LogP contribution in [0, 0.1) is 0 Å². The van der Waals surface area contributed by atoms with E-state index in [1.54, 1.807) is 6.92 Å². The van der Waals surface area contributed by atoms with E-state index in [9.17, 15) is 15.3 Å². The maximum atomic E-state index is 10.1. The molecule has 17 heavy (non-hydrogen) atoms. The van der Waals surface area contributed by atoms with Crippen molar-refractivity contribution in [2.75, 3.05) is 7.05 Å². The lowest BCUT2D eigenvalue weighted by molar-refractivity contribution is -0.263. The first-order valence-electron chi connectivity index (χ1n) is 6.44. The van der Waals surface area contributed by atoms with Crippen LogP contribution >= 0.6 is 0 Å². The summed E-state index contributed by atoms with van der Waals surface area (Å²) in [5, 5.41) is 29.8. The molecule has 0 spiro atoms. The SMILES string of the molecule is C[C@H]1O[C@H](O)[C@H](N(C)C2CCCC2)[C@@H](O)[C@H]1O. The van der Waals surface area contributed by atoms with Crippen LogP contribution in [0.5, 0.6) is 0 Å². The van der Waals surface area contributed by atoms with Crippen molar-refractivity contribution in [2.45, 2.75) is 69.3 Å². The fourth-order valence-corrected chi connectivity index (χ4v) is 3.03. The minimum absolute atomic E-state index is 0.369. The minimum Gasteiger partial charge on any atom is -0.388 e. The van der Waals surface area contributed by atoms with Gasteiger partial charge in [0.1, 0.15) is 12.2 Å². The van der Waals surface area contributed by atoms with Gasteiger partial charge < -0.3 is 20.1 Å². The number of nitrogens with zero attached hydrogens (tertiary/aromatic N) is 1. The minimum atomic E-state index is -1.03. The molecule has 0 aromatic heterocycles. The van der Waals surface area contributed by atoms with E-state index in [0.717, 1.165) is 12.8 Å². The zero-order valence-corrected chi connectivity index (χ0v) is 10.5. The highest BCUT2D eigenvalue weighted by Gasteiger charge is 2.45. The molecule has 2 rings (SSSR count). The summed E-state index contributed by atoms with van der Waals surface area (Å²) in [7, 11) is 1.89. The number of likely N-dealkylation sites (N-methyl/N-ethyl adjacent to an activating group) is 1. The quantitative estimate of drug-likeness (QED) is 0.622. The lowest BCUT2D eigenvalue weighted by Gasteiger charge is -2.45. The molecule has 0 aromatic carbocycles. The first-order valence-corrected chi connectivity index (χ1v) is 6.44. The summed E-state index contributed by atoms with van der Waals surface area (Å²) in [6.45, 7) is 1.66. The van der Waals surface area contributed by atoms with Gasteiger partial charge in [-0.2, -0.15) is 0 Å². The third-order valence-corrected chi connectivity index (χ3v) is 4.20. The molecule has 1 aliphatic carbocycles. The largest absolute Gasteiger partial charge is 0.388 e. The number of ether oxygens (including phenoxy) is 1. The number of rotatable bonds is 2. The maximum absolute atomic E-state index is 10.1. The average Bonchev–Trinajstić information content (AvgIpc) is 2.79. The van der Waals surface area contributed by atoms with E-state index in [-0.39, 0.29) is 0 Å². The summed E-state index contributed by atoms with van der Waals surface area (Å²) in [6, 6.07) is -0.169.